The number of rotatable bonds is 5. The second kappa shape index (κ2) is 6.47. The van der Waals surface area contributed by atoms with Crippen LogP contribution in [0.4, 0.5) is 0 Å². The van der Waals surface area contributed by atoms with Gasteiger partial charge < -0.3 is 9.73 Å². The highest BCUT2D eigenvalue weighted by molar-refractivity contribution is 6.31. The maximum Gasteiger partial charge on any atom is 0.101 e. The maximum atomic E-state index is 6.46. The third-order valence-corrected chi connectivity index (χ3v) is 3.93. The molecule has 108 valence electrons. The molecule has 0 spiro atoms. The first-order valence-electron chi connectivity index (χ1n) is 7.08. The lowest BCUT2D eigenvalue weighted by Gasteiger charge is -2.20. The zero-order chi connectivity index (χ0) is 14.7. The van der Waals surface area contributed by atoms with E-state index in [9.17, 15) is 0 Å². The van der Waals surface area contributed by atoms with Crippen molar-refractivity contribution in [1.82, 2.24) is 5.32 Å². The van der Waals surface area contributed by atoms with Crippen LogP contribution in [0.1, 0.15) is 47.4 Å². The fourth-order valence-electron chi connectivity index (χ4n) is 2.34. The van der Waals surface area contributed by atoms with Crippen LogP contribution in [0.5, 0.6) is 0 Å². The van der Waals surface area contributed by atoms with Crippen molar-refractivity contribution in [3.63, 3.8) is 0 Å². The highest BCUT2D eigenvalue weighted by atomic mass is 35.5. The number of aryl methyl sites for hydroxylation is 3. The van der Waals surface area contributed by atoms with Gasteiger partial charge in [-0.3, -0.25) is 0 Å². The van der Waals surface area contributed by atoms with Crippen LogP contribution in [-0.2, 0) is 0 Å². The highest BCUT2D eigenvalue weighted by Gasteiger charge is 2.19. The minimum Gasteiger partial charge on any atom is -0.469 e. The van der Waals surface area contributed by atoms with E-state index < -0.39 is 0 Å². The minimum atomic E-state index is 0.0826. The number of nitrogens with one attached hydrogen (secondary N) is 1. The predicted molar refractivity (Wildman–Crippen MR) is 84.5 cm³/mol. The van der Waals surface area contributed by atoms with Crippen molar-refractivity contribution < 1.29 is 4.42 Å². The maximum absolute atomic E-state index is 6.46. The predicted octanol–water partition coefficient (Wildman–Crippen LogP) is 4.95. The molecule has 1 aromatic carbocycles. The summed E-state index contributed by atoms with van der Waals surface area (Å²) in [5.41, 5.74) is 4.72. The van der Waals surface area contributed by atoms with Gasteiger partial charge in [0.05, 0.1) is 12.3 Å². The van der Waals surface area contributed by atoms with Crippen LogP contribution in [-0.4, -0.2) is 6.54 Å². The van der Waals surface area contributed by atoms with Crippen molar-refractivity contribution in [3.05, 3.63) is 57.5 Å². The van der Waals surface area contributed by atoms with Crippen LogP contribution in [0.25, 0.3) is 0 Å². The van der Waals surface area contributed by atoms with Crippen LogP contribution in [0.2, 0.25) is 5.02 Å². The Morgan fingerprint density at radius 3 is 2.45 bits per heavy atom. The molecule has 0 saturated heterocycles. The highest BCUT2D eigenvalue weighted by Crippen LogP contribution is 2.31. The van der Waals surface area contributed by atoms with Gasteiger partial charge in [0.2, 0.25) is 0 Å². The molecule has 2 rings (SSSR count). The van der Waals surface area contributed by atoms with Gasteiger partial charge in [0.15, 0.2) is 0 Å². The molecule has 0 amide bonds. The molecular weight excluding hydrogens is 270 g/mol. The summed E-state index contributed by atoms with van der Waals surface area (Å²) in [5.74, 6) is 0.920. The number of benzene rings is 1. The Bertz CT molecular complexity index is 589. The van der Waals surface area contributed by atoms with Crippen molar-refractivity contribution >= 4 is 11.6 Å². The second-order valence-corrected chi connectivity index (χ2v) is 5.74. The Kier molecular flexibility index (Phi) is 4.90. The van der Waals surface area contributed by atoms with E-state index in [0.717, 1.165) is 34.9 Å². The van der Waals surface area contributed by atoms with E-state index in [-0.39, 0.29) is 6.04 Å². The zero-order valence-corrected chi connectivity index (χ0v) is 13.3. The standard InChI is InChI=1S/C17H22ClNO/c1-5-6-19-17(14-9-13(4)20-10-14)15-7-11(2)12(3)8-16(15)18/h7-10,17,19H,5-6H2,1-4H3. The number of hydrogen-bond acceptors (Lipinski definition) is 2. The summed E-state index contributed by atoms with van der Waals surface area (Å²) in [6.07, 6.45) is 2.89. The molecule has 1 heterocycles. The van der Waals surface area contributed by atoms with E-state index in [4.69, 9.17) is 16.0 Å². The summed E-state index contributed by atoms with van der Waals surface area (Å²) >= 11 is 6.46. The molecule has 1 atom stereocenters. The Hall–Kier alpha value is -1.25. The van der Waals surface area contributed by atoms with Crippen LogP contribution in [0, 0.1) is 20.8 Å². The first kappa shape index (κ1) is 15.1. The average Bonchev–Trinajstić information content (AvgIpc) is 2.82. The quantitative estimate of drug-likeness (QED) is 0.843. The molecule has 2 nitrogen and oxygen atoms in total. The normalized spacial score (nSPS) is 12.7. The van der Waals surface area contributed by atoms with E-state index in [1.807, 2.05) is 19.3 Å². The van der Waals surface area contributed by atoms with Crippen LogP contribution >= 0.6 is 11.6 Å². The fraction of sp³-hybridized carbons (Fsp3) is 0.412. The molecule has 3 heteroatoms. The summed E-state index contributed by atoms with van der Waals surface area (Å²) in [7, 11) is 0. The van der Waals surface area contributed by atoms with Gasteiger partial charge in [-0.15, -0.1) is 0 Å². The number of furan rings is 1. The summed E-state index contributed by atoms with van der Waals surface area (Å²) < 4.78 is 5.46. The fourth-order valence-corrected chi connectivity index (χ4v) is 2.66. The zero-order valence-electron chi connectivity index (χ0n) is 12.6. The second-order valence-electron chi connectivity index (χ2n) is 5.34. The molecule has 0 radical (unpaired) electrons. The summed E-state index contributed by atoms with van der Waals surface area (Å²) in [6, 6.07) is 6.37. The molecule has 2 aromatic rings. The molecule has 20 heavy (non-hydrogen) atoms. The minimum absolute atomic E-state index is 0.0826. The largest absolute Gasteiger partial charge is 0.469 e. The molecule has 0 aliphatic carbocycles. The van der Waals surface area contributed by atoms with Gasteiger partial charge in [0, 0.05) is 10.6 Å². The lowest BCUT2D eigenvalue weighted by atomic mass is 9.97. The molecule has 0 fully saturated rings. The smallest absolute Gasteiger partial charge is 0.101 e. The Morgan fingerprint density at radius 2 is 1.85 bits per heavy atom. The Morgan fingerprint density at radius 1 is 1.15 bits per heavy atom. The molecule has 0 bridgehead atoms. The van der Waals surface area contributed by atoms with E-state index in [2.05, 4.69) is 38.2 Å². The molecule has 0 saturated carbocycles. The van der Waals surface area contributed by atoms with E-state index in [1.54, 1.807) is 0 Å². The lowest BCUT2D eigenvalue weighted by Crippen LogP contribution is -2.23. The van der Waals surface area contributed by atoms with Gasteiger partial charge in [0.25, 0.3) is 0 Å². The van der Waals surface area contributed by atoms with Gasteiger partial charge >= 0.3 is 0 Å². The van der Waals surface area contributed by atoms with Crippen LogP contribution < -0.4 is 5.32 Å². The molecule has 0 aliphatic heterocycles. The van der Waals surface area contributed by atoms with E-state index in [0.29, 0.717) is 0 Å². The van der Waals surface area contributed by atoms with Crippen molar-refractivity contribution in [1.29, 1.82) is 0 Å². The van der Waals surface area contributed by atoms with Crippen molar-refractivity contribution in [3.8, 4) is 0 Å². The van der Waals surface area contributed by atoms with Crippen LogP contribution in [0.3, 0.4) is 0 Å². The van der Waals surface area contributed by atoms with Crippen LogP contribution in [0.15, 0.2) is 28.9 Å². The Balaban J connectivity index is 2.43. The van der Waals surface area contributed by atoms with E-state index in [1.165, 1.54) is 11.1 Å². The van der Waals surface area contributed by atoms with Gasteiger partial charge in [0.1, 0.15) is 5.76 Å². The van der Waals surface area contributed by atoms with Gasteiger partial charge in [-0.25, -0.2) is 0 Å². The molecular formula is C17H22ClNO. The van der Waals surface area contributed by atoms with Crippen molar-refractivity contribution in [2.45, 2.75) is 40.2 Å². The topological polar surface area (TPSA) is 25.2 Å². The Labute approximate surface area is 126 Å². The summed E-state index contributed by atoms with van der Waals surface area (Å²) in [5, 5.41) is 4.36. The third kappa shape index (κ3) is 3.25. The van der Waals surface area contributed by atoms with Gasteiger partial charge in [-0.2, -0.15) is 0 Å². The van der Waals surface area contributed by atoms with Crippen molar-refractivity contribution in [2.24, 2.45) is 0 Å². The molecule has 1 unspecified atom stereocenters. The van der Waals surface area contributed by atoms with Gasteiger partial charge in [-0.05, 0) is 62.6 Å². The van der Waals surface area contributed by atoms with Crippen molar-refractivity contribution in [2.75, 3.05) is 6.54 Å². The lowest BCUT2D eigenvalue weighted by molar-refractivity contribution is 0.523. The third-order valence-electron chi connectivity index (χ3n) is 3.61. The first-order valence-corrected chi connectivity index (χ1v) is 7.45. The summed E-state index contributed by atoms with van der Waals surface area (Å²) in [6.45, 7) is 9.27. The number of halogens is 1. The molecule has 1 aromatic heterocycles. The SMILES string of the molecule is CCCNC(c1coc(C)c1)c1cc(C)c(C)cc1Cl. The summed E-state index contributed by atoms with van der Waals surface area (Å²) in [4.78, 5) is 0. The number of hydrogen-bond donors (Lipinski definition) is 1. The average molecular weight is 292 g/mol. The molecule has 0 aliphatic rings. The molecule has 1 N–H and O–H groups in total. The monoisotopic (exact) mass is 291 g/mol. The van der Waals surface area contributed by atoms with E-state index >= 15 is 0 Å². The first-order chi connectivity index (χ1) is 9.52. The van der Waals surface area contributed by atoms with Gasteiger partial charge in [-0.1, -0.05) is 24.6 Å².